The Balaban J connectivity index is 1.35. The molecule has 1 saturated heterocycles. The van der Waals surface area contributed by atoms with Crippen molar-refractivity contribution in [2.24, 2.45) is 0 Å². The molecule has 0 aromatic heterocycles. The SMILES string of the molecule is CCOc1ccccc1C(=O)N1CCN(Cc2ccc3c(c2)CCO3)CC1. The van der Waals surface area contributed by atoms with E-state index < -0.39 is 0 Å². The van der Waals surface area contributed by atoms with Gasteiger partial charge in [0, 0.05) is 39.1 Å². The van der Waals surface area contributed by atoms with E-state index in [0.29, 0.717) is 17.9 Å². The molecule has 0 spiro atoms. The lowest BCUT2D eigenvalue weighted by molar-refractivity contribution is 0.0624. The second-order valence-corrected chi connectivity index (χ2v) is 7.04. The van der Waals surface area contributed by atoms with Crippen LogP contribution in [0.5, 0.6) is 11.5 Å². The number of rotatable bonds is 5. The van der Waals surface area contributed by atoms with Crippen LogP contribution in [-0.2, 0) is 13.0 Å². The Bertz CT molecular complexity index is 813. The standard InChI is InChI=1S/C22H26N2O3/c1-2-26-21-6-4-3-5-19(21)22(25)24-12-10-23(11-13-24)16-17-7-8-20-18(15-17)9-14-27-20/h3-8,15H,2,9-14,16H2,1H3. The second kappa shape index (κ2) is 8.01. The average Bonchev–Trinajstić information content (AvgIpc) is 3.17. The minimum Gasteiger partial charge on any atom is -0.493 e. The number of carbonyl (C=O) groups excluding carboxylic acids is 1. The molecule has 2 aromatic rings. The maximum absolute atomic E-state index is 12.9. The summed E-state index contributed by atoms with van der Waals surface area (Å²) in [5.41, 5.74) is 3.29. The number of piperazine rings is 1. The van der Waals surface area contributed by atoms with Crippen LogP contribution in [0.1, 0.15) is 28.4 Å². The highest BCUT2D eigenvalue weighted by atomic mass is 16.5. The van der Waals surface area contributed by atoms with Crippen LogP contribution < -0.4 is 9.47 Å². The summed E-state index contributed by atoms with van der Waals surface area (Å²) in [5.74, 6) is 1.77. The highest BCUT2D eigenvalue weighted by molar-refractivity contribution is 5.97. The van der Waals surface area contributed by atoms with Crippen LogP contribution in [0.3, 0.4) is 0 Å². The zero-order valence-electron chi connectivity index (χ0n) is 15.8. The Morgan fingerprint density at radius 2 is 1.93 bits per heavy atom. The molecule has 2 aliphatic heterocycles. The molecule has 2 aromatic carbocycles. The molecule has 1 fully saturated rings. The molecule has 0 aliphatic carbocycles. The summed E-state index contributed by atoms with van der Waals surface area (Å²) in [6, 6.07) is 14.0. The van der Waals surface area contributed by atoms with Gasteiger partial charge in [0.2, 0.25) is 0 Å². The van der Waals surface area contributed by atoms with Crippen molar-refractivity contribution in [1.29, 1.82) is 0 Å². The Hall–Kier alpha value is -2.53. The Kier molecular flexibility index (Phi) is 5.30. The van der Waals surface area contributed by atoms with Crippen molar-refractivity contribution in [3.63, 3.8) is 0 Å². The number of carbonyl (C=O) groups is 1. The summed E-state index contributed by atoms with van der Waals surface area (Å²) in [7, 11) is 0. The van der Waals surface area contributed by atoms with Crippen molar-refractivity contribution in [3.05, 3.63) is 59.2 Å². The molecule has 0 bridgehead atoms. The third kappa shape index (κ3) is 3.93. The normalized spacial score (nSPS) is 16.7. The average molecular weight is 366 g/mol. The number of hydrogen-bond donors (Lipinski definition) is 0. The zero-order chi connectivity index (χ0) is 18.6. The van der Waals surface area contributed by atoms with E-state index >= 15 is 0 Å². The second-order valence-electron chi connectivity index (χ2n) is 7.04. The van der Waals surface area contributed by atoms with Crippen molar-refractivity contribution in [2.45, 2.75) is 19.9 Å². The fraction of sp³-hybridized carbons (Fsp3) is 0.409. The van der Waals surface area contributed by atoms with E-state index in [4.69, 9.17) is 9.47 Å². The summed E-state index contributed by atoms with van der Waals surface area (Å²) in [6.45, 7) is 7.47. The third-order valence-electron chi connectivity index (χ3n) is 5.24. The third-order valence-corrected chi connectivity index (χ3v) is 5.24. The van der Waals surface area contributed by atoms with Gasteiger partial charge in [-0.3, -0.25) is 9.69 Å². The number of ether oxygens (including phenoxy) is 2. The molecule has 27 heavy (non-hydrogen) atoms. The largest absolute Gasteiger partial charge is 0.493 e. The van der Waals surface area contributed by atoms with E-state index in [2.05, 4.69) is 23.1 Å². The molecule has 2 heterocycles. The van der Waals surface area contributed by atoms with E-state index in [-0.39, 0.29) is 5.91 Å². The molecule has 0 unspecified atom stereocenters. The summed E-state index contributed by atoms with van der Waals surface area (Å²) in [5, 5.41) is 0. The van der Waals surface area contributed by atoms with E-state index in [1.807, 2.05) is 36.1 Å². The van der Waals surface area contributed by atoms with E-state index in [0.717, 1.165) is 51.5 Å². The van der Waals surface area contributed by atoms with Crippen molar-refractivity contribution in [1.82, 2.24) is 9.80 Å². The van der Waals surface area contributed by atoms with Crippen molar-refractivity contribution < 1.29 is 14.3 Å². The predicted octanol–water partition coefficient (Wildman–Crippen LogP) is 2.98. The molecule has 5 heteroatoms. The quantitative estimate of drug-likeness (QED) is 0.816. The van der Waals surface area contributed by atoms with E-state index in [1.165, 1.54) is 11.1 Å². The van der Waals surface area contributed by atoms with Crippen LogP contribution in [-0.4, -0.2) is 55.1 Å². The molecule has 0 saturated carbocycles. The Morgan fingerprint density at radius 3 is 2.74 bits per heavy atom. The van der Waals surface area contributed by atoms with Crippen molar-refractivity contribution in [2.75, 3.05) is 39.4 Å². The molecule has 0 radical (unpaired) electrons. The molecule has 5 nitrogen and oxygen atoms in total. The maximum Gasteiger partial charge on any atom is 0.257 e. The molecule has 0 atom stereocenters. The van der Waals surface area contributed by atoms with Crippen LogP contribution in [0, 0.1) is 0 Å². The Labute approximate surface area is 160 Å². The van der Waals surface area contributed by atoms with Gasteiger partial charge in [-0.1, -0.05) is 24.3 Å². The molecule has 0 N–H and O–H groups in total. The first-order valence-corrected chi connectivity index (χ1v) is 9.72. The first-order valence-electron chi connectivity index (χ1n) is 9.72. The van der Waals surface area contributed by atoms with Gasteiger partial charge in [0.1, 0.15) is 11.5 Å². The van der Waals surface area contributed by atoms with Gasteiger partial charge in [-0.15, -0.1) is 0 Å². The fourth-order valence-corrected chi connectivity index (χ4v) is 3.80. The zero-order valence-corrected chi connectivity index (χ0v) is 15.8. The fourth-order valence-electron chi connectivity index (χ4n) is 3.80. The molecule has 4 rings (SSSR count). The first-order chi connectivity index (χ1) is 13.2. The van der Waals surface area contributed by atoms with Gasteiger partial charge in [0.25, 0.3) is 5.91 Å². The molecular formula is C22H26N2O3. The van der Waals surface area contributed by atoms with Crippen LogP contribution >= 0.6 is 0 Å². The number of amides is 1. The summed E-state index contributed by atoms with van der Waals surface area (Å²) < 4.78 is 11.2. The topological polar surface area (TPSA) is 42.0 Å². The van der Waals surface area contributed by atoms with Gasteiger partial charge in [0.05, 0.1) is 18.8 Å². The molecule has 2 aliphatic rings. The number of para-hydroxylation sites is 1. The first kappa shape index (κ1) is 17.9. The van der Waals surface area contributed by atoms with Crippen LogP contribution in [0.4, 0.5) is 0 Å². The number of benzene rings is 2. The van der Waals surface area contributed by atoms with Crippen LogP contribution in [0.2, 0.25) is 0 Å². The molecule has 1 amide bonds. The lowest BCUT2D eigenvalue weighted by atomic mass is 10.1. The summed E-state index contributed by atoms with van der Waals surface area (Å²) in [6.07, 6.45) is 1.00. The van der Waals surface area contributed by atoms with Gasteiger partial charge >= 0.3 is 0 Å². The van der Waals surface area contributed by atoms with Gasteiger partial charge in [-0.25, -0.2) is 0 Å². The maximum atomic E-state index is 12.9. The van der Waals surface area contributed by atoms with Gasteiger partial charge in [-0.2, -0.15) is 0 Å². The van der Waals surface area contributed by atoms with Crippen LogP contribution in [0.25, 0.3) is 0 Å². The van der Waals surface area contributed by atoms with E-state index in [9.17, 15) is 4.79 Å². The van der Waals surface area contributed by atoms with Crippen molar-refractivity contribution >= 4 is 5.91 Å². The highest BCUT2D eigenvalue weighted by Gasteiger charge is 2.24. The van der Waals surface area contributed by atoms with Gasteiger partial charge in [0.15, 0.2) is 0 Å². The Morgan fingerprint density at radius 1 is 1.11 bits per heavy atom. The lowest BCUT2D eigenvalue weighted by Crippen LogP contribution is -2.48. The molecule has 142 valence electrons. The number of fused-ring (bicyclic) bond motifs is 1. The van der Waals surface area contributed by atoms with Gasteiger partial charge in [-0.05, 0) is 36.2 Å². The van der Waals surface area contributed by atoms with Crippen LogP contribution in [0.15, 0.2) is 42.5 Å². The number of nitrogens with zero attached hydrogens (tertiary/aromatic N) is 2. The minimum absolute atomic E-state index is 0.0633. The van der Waals surface area contributed by atoms with Crippen molar-refractivity contribution in [3.8, 4) is 11.5 Å². The predicted molar refractivity (Wildman–Crippen MR) is 104 cm³/mol. The number of hydrogen-bond acceptors (Lipinski definition) is 4. The highest BCUT2D eigenvalue weighted by Crippen LogP contribution is 2.26. The minimum atomic E-state index is 0.0633. The smallest absolute Gasteiger partial charge is 0.257 e. The molecular weight excluding hydrogens is 340 g/mol. The van der Waals surface area contributed by atoms with Gasteiger partial charge < -0.3 is 14.4 Å². The monoisotopic (exact) mass is 366 g/mol. The lowest BCUT2D eigenvalue weighted by Gasteiger charge is -2.35. The van der Waals surface area contributed by atoms with E-state index in [1.54, 1.807) is 0 Å². The summed E-state index contributed by atoms with van der Waals surface area (Å²) in [4.78, 5) is 17.2. The summed E-state index contributed by atoms with van der Waals surface area (Å²) >= 11 is 0.